The highest BCUT2D eigenvalue weighted by Gasteiger charge is 2.07. The zero-order chi connectivity index (χ0) is 14.3. The van der Waals surface area contributed by atoms with Gasteiger partial charge in [0.15, 0.2) is 0 Å². The maximum atomic E-state index is 10.7. The minimum atomic E-state index is -0.391. The molecule has 0 saturated heterocycles. The zero-order valence-electron chi connectivity index (χ0n) is 11.7. The van der Waals surface area contributed by atoms with Crippen molar-refractivity contribution in [1.82, 2.24) is 4.90 Å². The van der Waals surface area contributed by atoms with Gasteiger partial charge >= 0.3 is 0 Å². The molecule has 0 aliphatic heterocycles. The summed E-state index contributed by atoms with van der Waals surface area (Å²) in [6.45, 7) is 4.70. The molecule has 0 saturated carbocycles. The van der Waals surface area contributed by atoms with Crippen LogP contribution in [-0.2, 0) is 4.74 Å². The molecule has 6 heteroatoms. The van der Waals surface area contributed by atoms with E-state index in [1.54, 1.807) is 12.1 Å². The molecule has 6 nitrogen and oxygen atoms in total. The highest BCUT2D eigenvalue weighted by atomic mass is 16.6. The molecule has 0 heterocycles. The third-order valence-electron chi connectivity index (χ3n) is 2.68. The first-order valence-electron chi connectivity index (χ1n) is 6.22. The number of aryl methyl sites for hydroxylation is 1. The van der Waals surface area contributed by atoms with E-state index in [1.807, 2.05) is 21.0 Å². The number of hydrogen-bond acceptors (Lipinski definition) is 5. The van der Waals surface area contributed by atoms with E-state index in [2.05, 4.69) is 10.2 Å². The molecule has 0 aliphatic carbocycles. The second-order valence-electron chi connectivity index (χ2n) is 4.60. The van der Waals surface area contributed by atoms with Crippen LogP contribution in [0.15, 0.2) is 18.2 Å². The largest absolute Gasteiger partial charge is 0.382 e. The molecule has 1 aromatic rings. The Morgan fingerprint density at radius 1 is 1.37 bits per heavy atom. The molecule has 1 rings (SSSR count). The summed E-state index contributed by atoms with van der Waals surface area (Å²) in [5.41, 5.74) is 1.87. The number of benzene rings is 1. The van der Waals surface area contributed by atoms with Crippen molar-refractivity contribution in [2.24, 2.45) is 0 Å². The smallest absolute Gasteiger partial charge is 0.271 e. The van der Waals surface area contributed by atoms with E-state index in [4.69, 9.17) is 4.74 Å². The Bertz CT molecular complexity index is 422. The van der Waals surface area contributed by atoms with Crippen LogP contribution in [0, 0.1) is 17.0 Å². The molecule has 19 heavy (non-hydrogen) atoms. The Hall–Kier alpha value is -1.66. The van der Waals surface area contributed by atoms with Crippen molar-refractivity contribution in [2.45, 2.75) is 6.92 Å². The fraction of sp³-hybridized carbons (Fsp3) is 0.538. The van der Waals surface area contributed by atoms with Crippen molar-refractivity contribution in [3.63, 3.8) is 0 Å². The van der Waals surface area contributed by atoms with Crippen LogP contribution in [0.25, 0.3) is 0 Å². The van der Waals surface area contributed by atoms with E-state index in [-0.39, 0.29) is 5.69 Å². The molecule has 0 fully saturated rings. The van der Waals surface area contributed by atoms with Crippen molar-refractivity contribution in [2.75, 3.05) is 45.7 Å². The minimum Gasteiger partial charge on any atom is -0.382 e. The van der Waals surface area contributed by atoms with Crippen molar-refractivity contribution >= 4 is 11.4 Å². The lowest BCUT2D eigenvalue weighted by Gasteiger charge is -2.11. The van der Waals surface area contributed by atoms with Gasteiger partial charge in [0.25, 0.3) is 5.69 Å². The Balaban J connectivity index is 2.36. The second-order valence-corrected chi connectivity index (χ2v) is 4.60. The predicted molar refractivity (Wildman–Crippen MR) is 75.7 cm³/mol. The van der Waals surface area contributed by atoms with Gasteiger partial charge in [0.1, 0.15) is 0 Å². The van der Waals surface area contributed by atoms with Gasteiger partial charge in [-0.05, 0) is 26.6 Å². The van der Waals surface area contributed by atoms with E-state index < -0.39 is 4.92 Å². The SMILES string of the molecule is Cc1ccc([N+](=O)[O-])cc1NCCOCCN(C)C. The van der Waals surface area contributed by atoms with Gasteiger partial charge in [-0.1, -0.05) is 6.07 Å². The van der Waals surface area contributed by atoms with Crippen LogP contribution in [0.3, 0.4) is 0 Å². The van der Waals surface area contributed by atoms with E-state index in [9.17, 15) is 10.1 Å². The molecule has 106 valence electrons. The third-order valence-corrected chi connectivity index (χ3v) is 2.68. The summed E-state index contributed by atoms with van der Waals surface area (Å²) in [7, 11) is 3.99. The van der Waals surface area contributed by atoms with Gasteiger partial charge in [-0.25, -0.2) is 0 Å². The summed E-state index contributed by atoms with van der Waals surface area (Å²) in [6, 6.07) is 4.80. The number of nitro groups is 1. The summed E-state index contributed by atoms with van der Waals surface area (Å²) in [5, 5.41) is 13.8. The van der Waals surface area contributed by atoms with E-state index in [0.29, 0.717) is 19.8 Å². The summed E-state index contributed by atoms with van der Waals surface area (Å²) >= 11 is 0. The van der Waals surface area contributed by atoms with Gasteiger partial charge in [-0.2, -0.15) is 0 Å². The van der Waals surface area contributed by atoms with Gasteiger partial charge in [-0.3, -0.25) is 10.1 Å². The number of nitrogens with one attached hydrogen (secondary N) is 1. The molecule has 0 radical (unpaired) electrons. The Labute approximate surface area is 113 Å². The van der Waals surface area contributed by atoms with Gasteiger partial charge < -0.3 is 15.0 Å². The number of rotatable bonds is 8. The van der Waals surface area contributed by atoms with Crippen LogP contribution < -0.4 is 5.32 Å². The second kappa shape index (κ2) is 7.70. The number of anilines is 1. The summed E-state index contributed by atoms with van der Waals surface area (Å²) in [6.07, 6.45) is 0. The molecule has 1 aromatic carbocycles. The topological polar surface area (TPSA) is 67.6 Å². The van der Waals surface area contributed by atoms with Crippen molar-refractivity contribution in [3.05, 3.63) is 33.9 Å². The lowest BCUT2D eigenvalue weighted by Crippen LogP contribution is -2.20. The molecular formula is C13H21N3O3. The van der Waals surface area contributed by atoms with Gasteiger partial charge in [-0.15, -0.1) is 0 Å². The average Bonchev–Trinajstić information content (AvgIpc) is 2.34. The standard InChI is InChI=1S/C13H21N3O3/c1-11-4-5-12(16(17)18)10-13(11)14-6-8-19-9-7-15(2)3/h4-5,10,14H,6-9H2,1-3H3. The molecule has 0 amide bonds. The van der Waals surface area contributed by atoms with Crippen molar-refractivity contribution in [3.8, 4) is 0 Å². The number of nitro benzene ring substituents is 1. The zero-order valence-corrected chi connectivity index (χ0v) is 11.7. The van der Waals surface area contributed by atoms with Crippen LogP contribution in [0.4, 0.5) is 11.4 Å². The van der Waals surface area contributed by atoms with Crippen LogP contribution >= 0.6 is 0 Å². The molecule has 0 unspecified atom stereocenters. The van der Waals surface area contributed by atoms with Crippen LogP contribution in [0.1, 0.15) is 5.56 Å². The number of non-ortho nitro benzene ring substituents is 1. The minimum absolute atomic E-state index is 0.0987. The molecule has 0 spiro atoms. The first kappa shape index (κ1) is 15.4. The number of nitrogens with zero attached hydrogens (tertiary/aromatic N) is 2. The highest BCUT2D eigenvalue weighted by Crippen LogP contribution is 2.21. The fourth-order valence-corrected chi connectivity index (χ4v) is 1.52. The van der Waals surface area contributed by atoms with Crippen LogP contribution in [-0.4, -0.2) is 50.2 Å². The van der Waals surface area contributed by atoms with Crippen molar-refractivity contribution in [1.29, 1.82) is 0 Å². The van der Waals surface area contributed by atoms with E-state index in [1.165, 1.54) is 6.07 Å². The number of likely N-dealkylation sites (N-methyl/N-ethyl adjacent to an activating group) is 1. The summed E-state index contributed by atoms with van der Waals surface area (Å²) < 4.78 is 5.45. The number of hydrogen-bond donors (Lipinski definition) is 1. The first-order valence-corrected chi connectivity index (χ1v) is 6.22. The van der Waals surface area contributed by atoms with Gasteiger partial charge in [0.2, 0.25) is 0 Å². The predicted octanol–water partition coefficient (Wildman–Crippen LogP) is 1.89. The average molecular weight is 267 g/mol. The molecule has 0 aromatic heterocycles. The maximum Gasteiger partial charge on any atom is 0.271 e. The normalized spacial score (nSPS) is 10.7. The van der Waals surface area contributed by atoms with E-state index >= 15 is 0 Å². The van der Waals surface area contributed by atoms with Gasteiger partial charge in [0, 0.05) is 30.9 Å². The lowest BCUT2D eigenvalue weighted by molar-refractivity contribution is -0.384. The molecule has 0 aliphatic rings. The van der Waals surface area contributed by atoms with Gasteiger partial charge in [0.05, 0.1) is 18.1 Å². The van der Waals surface area contributed by atoms with Crippen LogP contribution in [0.2, 0.25) is 0 Å². The monoisotopic (exact) mass is 267 g/mol. The summed E-state index contributed by atoms with van der Waals surface area (Å²) in [5.74, 6) is 0. The Kier molecular flexibility index (Phi) is 6.24. The fourth-order valence-electron chi connectivity index (χ4n) is 1.52. The molecule has 0 bridgehead atoms. The molecule has 1 N–H and O–H groups in total. The first-order chi connectivity index (χ1) is 9.00. The van der Waals surface area contributed by atoms with Crippen LogP contribution in [0.5, 0.6) is 0 Å². The quantitative estimate of drug-likeness (QED) is 0.442. The molecule has 0 atom stereocenters. The maximum absolute atomic E-state index is 10.7. The Morgan fingerprint density at radius 2 is 2.11 bits per heavy atom. The lowest BCUT2D eigenvalue weighted by atomic mass is 10.2. The summed E-state index contributed by atoms with van der Waals surface area (Å²) in [4.78, 5) is 12.4. The highest BCUT2D eigenvalue weighted by molar-refractivity contribution is 5.56. The number of ether oxygens (including phenoxy) is 1. The van der Waals surface area contributed by atoms with E-state index in [0.717, 1.165) is 17.8 Å². The molecular weight excluding hydrogens is 246 g/mol. The van der Waals surface area contributed by atoms with Crippen molar-refractivity contribution < 1.29 is 9.66 Å². The third kappa shape index (κ3) is 5.67. The Morgan fingerprint density at radius 3 is 2.74 bits per heavy atom.